The molecule has 1 N–H and O–H groups in total. The highest BCUT2D eigenvalue weighted by Gasteiger charge is 2.14. The van der Waals surface area contributed by atoms with E-state index < -0.39 is 0 Å². The molecule has 1 aromatic heterocycles. The summed E-state index contributed by atoms with van der Waals surface area (Å²) in [6, 6.07) is 17.7. The molecule has 5 nitrogen and oxygen atoms in total. The second-order valence-electron chi connectivity index (χ2n) is 7.51. The number of aryl methyl sites for hydroxylation is 1. The topological polar surface area (TPSA) is 58.4 Å². The maximum atomic E-state index is 12.4. The molecule has 156 valence electrons. The zero-order chi connectivity index (χ0) is 20.8. The van der Waals surface area contributed by atoms with Crippen molar-refractivity contribution in [3.63, 3.8) is 0 Å². The van der Waals surface area contributed by atoms with Gasteiger partial charge in [-0.15, -0.1) is 11.8 Å². The summed E-state index contributed by atoms with van der Waals surface area (Å²) in [5, 5.41) is 3.01. The number of amides is 1. The van der Waals surface area contributed by atoms with Gasteiger partial charge >= 0.3 is 0 Å². The van der Waals surface area contributed by atoms with Gasteiger partial charge in [-0.05, 0) is 69.3 Å². The molecule has 4 rings (SSSR count). The fourth-order valence-corrected chi connectivity index (χ4v) is 4.47. The van der Waals surface area contributed by atoms with Crippen LogP contribution >= 0.6 is 11.8 Å². The smallest absolute Gasteiger partial charge is 0.251 e. The molecule has 1 saturated heterocycles. The number of hydrogen-bond acceptors (Lipinski definition) is 5. The van der Waals surface area contributed by atoms with E-state index in [1.54, 1.807) is 11.8 Å². The molecule has 1 amide bonds. The van der Waals surface area contributed by atoms with Crippen molar-refractivity contribution in [3.8, 4) is 11.5 Å². The molecule has 0 bridgehead atoms. The molecule has 1 aliphatic heterocycles. The number of nitrogens with one attached hydrogen (secondary N) is 1. The normalized spacial score (nSPS) is 14.2. The van der Waals surface area contributed by atoms with Crippen LogP contribution in [0.5, 0.6) is 0 Å². The molecule has 1 aliphatic rings. The second-order valence-corrected chi connectivity index (χ2v) is 8.55. The molecule has 3 aromatic rings. The van der Waals surface area contributed by atoms with E-state index in [2.05, 4.69) is 27.3 Å². The van der Waals surface area contributed by atoms with Crippen LogP contribution in [0.4, 0.5) is 0 Å². The molecule has 0 atom stereocenters. The van der Waals surface area contributed by atoms with Gasteiger partial charge in [-0.1, -0.05) is 18.2 Å². The molecule has 6 heteroatoms. The Balaban J connectivity index is 1.33. The summed E-state index contributed by atoms with van der Waals surface area (Å²) in [4.78, 5) is 20.6. The number of benzene rings is 2. The van der Waals surface area contributed by atoms with E-state index in [4.69, 9.17) is 4.42 Å². The minimum atomic E-state index is -0.0377. The first-order valence-electron chi connectivity index (χ1n) is 10.4. The maximum absolute atomic E-state index is 12.4. The zero-order valence-corrected chi connectivity index (χ0v) is 18.1. The van der Waals surface area contributed by atoms with Gasteiger partial charge in [0.1, 0.15) is 5.76 Å². The van der Waals surface area contributed by atoms with Crippen molar-refractivity contribution in [2.24, 2.45) is 0 Å². The third kappa shape index (κ3) is 5.32. The summed E-state index contributed by atoms with van der Waals surface area (Å²) in [7, 11) is 0. The Kier molecular flexibility index (Phi) is 6.87. The Bertz CT molecular complexity index is 964. The minimum Gasteiger partial charge on any atom is -0.441 e. The number of likely N-dealkylation sites (tertiary alicyclic amines) is 1. The summed E-state index contributed by atoms with van der Waals surface area (Å²) in [6.07, 6.45) is 2.53. The molecule has 0 aliphatic carbocycles. The van der Waals surface area contributed by atoms with Crippen LogP contribution < -0.4 is 5.32 Å². The first-order valence-corrected chi connectivity index (χ1v) is 11.4. The monoisotopic (exact) mass is 421 g/mol. The number of carbonyl (C=O) groups is 1. The van der Waals surface area contributed by atoms with Gasteiger partial charge in [0.25, 0.3) is 5.91 Å². The number of thioether (sulfide) groups is 1. The Morgan fingerprint density at radius 3 is 2.57 bits per heavy atom. The number of nitrogens with zero attached hydrogens (tertiary/aromatic N) is 2. The molecule has 2 heterocycles. The van der Waals surface area contributed by atoms with Gasteiger partial charge in [0.05, 0.1) is 5.69 Å². The van der Waals surface area contributed by atoms with Crippen LogP contribution in [0.2, 0.25) is 0 Å². The lowest BCUT2D eigenvalue weighted by atomic mass is 10.1. The lowest BCUT2D eigenvalue weighted by Gasteiger charge is -2.14. The van der Waals surface area contributed by atoms with Crippen LogP contribution in [0, 0.1) is 6.92 Å². The first-order chi connectivity index (χ1) is 14.7. The minimum absolute atomic E-state index is 0.0377. The summed E-state index contributed by atoms with van der Waals surface area (Å²) < 4.78 is 5.88. The standard InChI is InChI=1S/C24H27N3O2S/c1-18-22(17-30-21-7-3-2-4-8-21)26-24(29-18)20-11-9-19(10-12-20)23(28)25-13-16-27-14-5-6-15-27/h2-4,7-12H,5-6,13-17H2,1H3,(H,25,28). The van der Waals surface area contributed by atoms with Crippen molar-refractivity contribution in [2.45, 2.75) is 30.4 Å². The predicted octanol–water partition coefficient (Wildman–Crippen LogP) is 4.77. The second kappa shape index (κ2) is 9.96. The molecular formula is C24H27N3O2S. The summed E-state index contributed by atoms with van der Waals surface area (Å²) in [5.74, 6) is 2.15. The van der Waals surface area contributed by atoms with Gasteiger partial charge in [0.15, 0.2) is 0 Å². The number of rotatable bonds is 8. The fraction of sp³-hybridized carbons (Fsp3) is 0.333. The van der Waals surface area contributed by atoms with Gasteiger partial charge < -0.3 is 14.6 Å². The summed E-state index contributed by atoms with van der Waals surface area (Å²) in [5.41, 5.74) is 2.48. The largest absolute Gasteiger partial charge is 0.441 e. The van der Waals surface area contributed by atoms with Crippen molar-refractivity contribution in [1.82, 2.24) is 15.2 Å². The third-order valence-electron chi connectivity index (χ3n) is 5.32. The molecule has 0 saturated carbocycles. The van der Waals surface area contributed by atoms with Gasteiger partial charge in [-0.3, -0.25) is 4.79 Å². The lowest BCUT2D eigenvalue weighted by Crippen LogP contribution is -2.33. The Morgan fingerprint density at radius 2 is 1.83 bits per heavy atom. The first kappa shape index (κ1) is 20.7. The lowest BCUT2D eigenvalue weighted by molar-refractivity contribution is 0.0949. The van der Waals surface area contributed by atoms with E-state index in [9.17, 15) is 4.79 Å². The van der Waals surface area contributed by atoms with Crippen LogP contribution in [0.3, 0.4) is 0 Å². The highest BCUT2D eigenvalue weighted by Crippen LogP contribution is 2.27. The SMILES string of the molecule is Cc1oc(-c2ccc(C(=O)NCCN3CCCC3)cc2)nc1CSc1ccccc1. The van der Waals surface area contributed by atoms with Crippen LogP contribution in [0.1, 0.15) is 34.7 Å². The Labute approximate surface area is 181 Å². The van der Waals surface area contributed by atoms with Crippen LogP contribution in [-0.2, 0) is 5.75 Å². The number of carbonyl (C=O) groups excluding carboxylic acids is 1. The molecule has 0 unspecified atom stereocenters. The molecular weight excluding hydrogens is 394 g/mol. The van der Waals surface area contributed by atoms with Crippen molar-refractivity contribution >= 4 is 17.7 Å². The number of oxazole rings is 1. The van der Waals surface area contributed by atoms with E-state index >= 15 is 0 Å². The summed E-state index contributed by atoms with van der Waals surface area (Å²) >= 11 is 1.74. The number of hydrogen-bond donors (Lipinski definition) is 1. The van der Waals surface area contributed by atoms with Gasteiger partial charge in [0.2, 0.25) is 5.89 Å². The molecule has 1 fully saturated rings. The molecule has 30 heavy (non-hydrogen) atoms. The molecule has 0 radical (unpaired) electrons. The molecule has 0 spiro atoms. The molecule has 2 aromatic carbocycles. The number of aromatic nitrogens is 1. The van der Waals surface area contributed by atoms with Crippen molar-refractivity contribution in [3.05, 3.63) is 71.6 Å². The van der Waals surface area contributed by atoms with Gasteiger partial charge in [0, 0.05) is 34.9 Å². The highest BCUT2D eigenvalue weighted by molar-refractivity contribution is 7.98. The van der Waals surface area contributed by atoms with E-state index in [1.807, 2.05) is 49.4 Å². The Morgan fingerprint density at radius 1 is 1.10 bits per heavy atom. The quantitative estimate of drug-likeness (QED) is 0.531. The average molecular weight is 422 g/mol. The van der Waals surface area contributed by atoms with Crippen LogP contribution in [0.25, 0.3) is 11.5 Å². The van der Waals surface area contributed by atoms with Crippen LogP contribution in [0.15, 0.2) is 63.9 Å². The highest BCUT2D eigenvalue weighted by atomic mass is 32.2. The predicted molar refractivity (Wildman–Crippen MR) is 121 cm³/mol. The van der Waals surface area contributed by atoms with E-state index in [-0.39, 0.29) is 5.91 Å². The Hall–Kier alpha value is -2.57. The third-order valence-corrected chi connectivity index (χ3v) is 6.34. The van der Waals surface area contributed by atoms with Crippen molar-refractivity contribution in [1.29, 1.82) is 0 Å². The van der Waals surface area contributed by atoms with Crippen molar-refractivity contribution < 1.29 is 9.21 Å². The van der Waals surface area contributed by atoms with Crippen molar-refractivity contribution in [2.75, 3.05) is 26.2 Å². The van der Waals surface area contributed by atoms with Gasteiger partial charge in [-0.25, -0.2) is 4.98 Å². The van der Waals surface area contributed by atoms with Gasteiger partial charge in [-0.2, -0.15) is 0 Å². The van der Waals surface area contributed by atoms with E-state index in [0.717, 1.165) is 42.4 Å². The summed E-state index contributed by atoms with van der Waals surface area (Å²) in [6.45, 7) is 5.84. The average Bonchev–Trinajstić information content (AvgIpc) is 3.43. The van der Waals surface area contributed by atoms with E-state index in [0.29, 0.717) is 18.0 Å². The van der Waals surface area contributed by atoms with Crippen LogP contribution in [-0.4, -0.2) is 42.0 Å². The van der Waals surface area contributed by atoms with E-state index in [1.165, 1.54) is 17.7 Å². The fourth-order valence-electron chi connectivity index (χ4n) is 3.55. The zero-order valence-electron chi connectivity index (χ0n) is 17.3. The maximum Gasteiger partial charge on any atom is 0.251 e.